The number of anilines is 2. The molecule has 0 spiro atoms. The van der Waals surface area contributed by atoms with E-state index in [1.807, 2.05) is 17.5 Å². The van der Waals surface area contributed by atoms with E-state index in [-0.39, 0.29) is 5.82 Å². The standard InChI is InChI=1S/C17H15FN2O2S/c1-21-14-7-13(8-15(9-14)22-2)19-17-20-16(10-23-17)11-3-5-12(18)6-4-11/h3-10H,1-2H3,(H,19,20). The summed E-state index contributed by atoms with van der Waals surface area (Å²) in [4.78, 5) is 4.52. The molecule has 0 saturated heterocycles. The molecular weight excluding hydrogens is 315 g/mol. The lowest BCUT2D eigenvalue weighted by atomic mass is 10.2. The molecule has 6 heteroatoms. The number of nitrogens with zero attached hydrogens (tertiary/aromatic N) is 1. The number of rotatable bonds is 5. The molecule has 4 nitrogen and oxygen atoms in total. The molecular formula is C17H15FN2O2S. The van der Waals surface area contributed by atoms with Crippen molar-refractivity contribution in [3.63, 3.8) is 0 Å². The molecule has 0 aliphatic carbocycles. The molecule has 3 aromatic rings. The third-order valence-corrected chi connectivity index (χ3v) is 4.00. The van der Waals surface area contributed by atoms with Crippen LogP contribution in [0.5, 0.6) is 11.5 Å². The minimum atomic E-state index is -0.259. The van der Waals surface area contributed by atoms with Crippen LogP contribution in [0.1, 0.15) is 0 Å². The van der Waals surface area contributed by atoms with Gasteiger partial charge in [0.05, 0.1) is 19.9 Å². The van der Waals surface area contributed by atoms with E-state index in [0.29, 0.717) is 11.5 Å². The van der Waals surface area contributed by atoms with Crippen molar-refractivity contribution in [2.75, 3.05) is 19.5 Å². The summed E-state index contributed by atoms with van der Waals surface area (Å²) < 4.78 is 23.5. The molecule has 0 atom stereocenters. The predicted octanol–water partition coefficient (Wildman–Crippen LogP) is 4.71. The lowest BCUT2D eigenvalue weighted by molar-refractivity contribution is 0.395. The van der Waals surface area contributed by atoms with E-state index in [2.05, 4.69) is 10.3 Å². The number of aromatic nitrogens is 1. The number of methoxy groups -OCH3 is 2. The highest BCUT2D eigenvalue weighted by atomic mass is 32.1. The van der Waals surface area contributed by atoms with Crippen molar-refractivity contribution in [3.05, 3.63) is 53.7 Å². The fourth-order valence-electron chi connectivity index (χ4n) is 2.09. The van der Waals surface area contributed by atoms with Gasteiger partial charge in [-0.05, 0) is 24.3 Å². The van der Waals surface area contributed by atoms with Crippen LogP contribution in [0.3, 0.4) is 0 Å². The van der Waals surface area contributed by atoms with Crippen LogP contribution in [0.4, 0.5) is 15.2 Å². The second kappa shape index (κ2) is 6.66. The van der Waals surface area contributed by atoms with E-state index in [1.54, 1.807) is 32.4 Å². The van der Waals surface area contributed by atoms with Crippen molar-refractivity contribution in [2.24, 2.45) is 0 Å². The highest BCUT2D eigenvalue weighted by molar-refractivity contribution is 7.14. The Labute approximate surface area is 137 Å². The Morgan fingerprint density at radius 1 is 1.00 bits per heavy atom. The summed E-state index contributed by atoms with van der Waals surface area (Å²) >= 11 is 1.47. The van der Waals surface area contributed by atoms with Gasteiger partial charge in [0.25, 0.3) is 0 Å². The number of benzene rings is 2. The van der Waals surface area contributed by atoms with E-state index in [9.17, 15) is 4.39 Å². The molecule has 0 bridgehead atoms. The lowest BCUT2D eigenvalue weighted by Crippen LogP contribution is -1.93. The molecule has 118 valence electrons. The minimum Gasteiger partial charge on any atom is -0.497 e. The van der Waals surface area contributed by atoms with Gasteiger partial charge < -0.3 is 14.8 Å². The SMILES string of the molecule is COc1cc(Nc2nc(-c3ccc(F)cc3)cs2)cc(OC)c1. The van der Waals surface area contributed by atoms with Crippen LogP contribution in [0.25, 0.3) is 11.3 Å². The van der Waals surface area contributed by atoms with Crippen LogP contribution >= 0.6 is 11.3 Å². The first-order valence-corrected chi connectivity index (χ1v) is 7.77. The first kappa shape index (κ1) is 15.3. The fraction of sp³-hybridized carbons (Fsp3) is 0.118. The molecule has 1 aromatic heterocycles. The molecule has 0 fully saturated rings. The number of hydrogen-bond acceptors (Lipinski definition) is 5. The number of thiazole rings is 1. The first-order chi connectivity index (χ1) is 11.2. The van der Waals surface area contributed by atoms with Crippen molar-refractivity contribution in [1.29, 1.82) is 0 Å². The number of ether oxygens (including phenoxy) is 2. The van der Waals surface area contributed by atoms with Crippen LogP contribution in [0.15, 0.2) is 47.8 Å². The van der Waals surface area contributed by atoms with Crippen LogP contribution < -0.4 is 14.8 Å². The Bertz CT molecular complexity index is 780. The molecule has 23 heavy (non-hydrogen) atoms. The van der Waals surface area contributed by atoms with Crippen LogP contribution in [0.2, 0.25) is 0 Å². The molecule has 0 aliphatic rings. The summed E-state index contributed by atoms with van der Waals surface area (Å²) in [5.41, 5.74) is 2.49. The van der Waals surface area contributed by atoms with Crippen LogP contribution in [-0.4, -0.2) is 19.2 Å². The summed E-state index contributed by atoms with van der Waals surface area (Å²) in [6.07, 6.45) is 0. The Morgan fingerprint density at radius 3 is 2.26 bits per heavy atom. The van der Waals surface area contributed by atoms with Gasteiger partial charge in [-0.3, -0.25) is 0 Å². The van der Waals surface area contributed by atoms with Crippen molar-refractivity contribution in [3.8, 4) is 22.8 Å². The zero-order chi connectivity index (χ0) is 16.2. The zero-order valence-corrected chi connectivity index (χ0v) is 13.5. The van der Waals surface area contributed by atoms with Crippen molar-refractivity contribution >= 4 is 22.2 Å². The summed E-state index contributed by atoms with van der Waals surface area (Å²) in [5, 5.41) is 5.89. The summed E-state index contributed by atoms with van der Waals surface area (Å²) in [5.74, 6) is 1.13. The maximum absolute atomic E-state index is 13.0. The van der Waals surface area contributed by atoms with Crippen LogP contribution in [-0.2, 0) is 0 Å². The normalized spacial score (nSPS) is 10.4. The average Bonchev–Trinajstić information content (AvgIpc) is 3.03. The molecule has 0 radical (unpaired) electrons. The van der Waals surface area contributed by atoms with Gasteiger partial charge in [-0.15, -0.1) is 11.3 Å². The Kier molecular flexibility index (Phi) is 4.43. The second-order valence-electron chi connectivity index (χ2n) is 4.77. The largest absolute Gasteiger partial charge is 0.497 e. The molecule has 0 amide bonds. The predicted molar refractivity (Wildman–Crippen MR) is 90.3 cm³/mol. The van der Waals surface area contributed by atoms with E-state index in [1.165, 1.54) is 23.5 Å². The van der Waals surface area contributed by atoms with E-state index < -0.39 is 0 Å². The van der Waals surface area contributed by atoms with E-state index >= 15 is 0 Å². The smallest absolute Gasteiger partial charge is 0.187 e. The quantitative estimate of drug-likeness (QED) is 0.736. The Hall–Kier alpha value is -2.60. The third kappa shape index (κ3) is 3.60. The molecule has 3 rings (SSSR count). The maximum atomic E-state index is 13.0. The summed E-state index contributed by atoms with van der Waals surface area (Å²) in [6.45, 7) is 0. The average molecular weight is 330 g/mol. The van der Waals surface area contributed by atoms with Crippen molar-refractivity contribution < 1.29 is 13.9 Å². The molecule has 1 heterocycles. The summed E-state index contributed by atoms with van der Waals surface area (Å²) in [7, 11) is 3.21. The van der Waals surface area contributed by atoms with E-state index in [4.69, 9.17) is 9.47 Å². The van der Waals surface area contributed by atoms with Gasteiger partial charge in [0.15, 0.2) is 5.13 Å². The van der Waals surface area contributed by atoms with Gasteiger partial charge in [0, 0.05) is 34.8 Å². The van der Waals surface area contributed by atoms with Crippen molar-refractivity contribution in [1.82, 2.24) is 4.98 Å². The Morgan fingerprint density at radius 2 is 1.65 bits per heavy atom. The summed E-state index contributed by atoms with van der Waals surface area (Å²) in [6, 6.07) is 11.8. The number of hydrogen-bond donors (Lipinski definition) is 1. The first-order valence-electron chi connectivity index (χ1n) is 6.89. The van der Waals surface area contributed by atoms with Gasteiger partial charge in [0.2, 0.25) is 0 Å². The Balaban J connectivity index is 1.83. The van der Waals surface area contributed by atoms with E-state index in [0.717, 1.165) is 22.1 Å². The highest BCUT2D eigenvalue weighted by Crippen LogP contribution is 2.31. The van der Waals surface area contributed by atoms with Gasteiger partial charge in [0.1, 0.15) is 17.3 Å². The second-order valence-corrected chi connectivity index (χ2v) is 5.63. The minimum absolute atomic E-state index is 0.259. The van der Waals surface area contributed by atoms with Crippen molar-refractivity contribution in [2.45, 2.75) is 0 Å². The molecule has 0 saturated carbocycles. The molecule has 0 unspecified atom stereocenters. The van der Waals surface area contributed by atoms with Gasteiger partial charge >= 0.3 is 0 Å². The number of halogens is 1. The molecule has 0 aliphatic heterocycles. The maximum Gasteiger partial charge on any atom is 0.187 e. The molecule has 1 N–H and O–H groups in total. The van der Waals surface area contributed by atoms with Gasteiger partial charge in [-0.1, -0.05) is 0 Å². The van der Waals surface area contributed by atoms with Gasteiger partial charge in [-0.25, -0.2) is 9.37 Å². The zero-order valence-electron chi connectivity index (χ0n) is 12.7. The van der Waals surface area contributed by atoms with Crippen LogP contribution in [0, 0.1) is 5.82 Å². The van der Waals surface area contributed by atoms with Gasteiger partial charge in [-0.2, -0.15) is 0 Å². The molecule has 2 aromatic carbocycles. The lowest BCUT2D eigenvalue weighted by Gasteiger charge is -2.08. The highest BCUT2D eigenvalue weighted by Gasteiger charge is 2.07. The fourth-order valence-corrected chi connectivity index (χ4v) is 2.83. The number of nitrogens with one attached hydrogen (secondary N) is 1. The third-order valence-electron chi connectivity index (χ3n) is 3.25. The monoisotopic (exact) mass is 330 g/mol. The topological polar surface area (TPSA) is 43.4 Å².